The maximum atomic E-state index is 14.0. The molecule has 1 aromatic rings. The number of ether oxygens (including phenoxy) is 2. The number of nitriles is 1. The van der Waals surface area contributed by atoms with Gasteiger partial charge in [0.2, 0.25) is 17.7 Å². The number of halogens is 1. The number of amides is 4. The molecule has 3 N–H and O–H groups in total. The van der Waals surface area contributed by atoms with E-state index in [2.05, 4.69) is 35.9 Å². The predicted octanol–water partition coefficient (Wildman–Crippen LogP) is 2.49. The Morgan fingerprint density at radius 1 is 1.24 bits per heavy atom. The molecule has 0 radical (unpaired) electrons. The highest BCUT2D eigenvalue weighted by atomic mass is 35.5. The Labute approximate surface area is 250 Å². The molecule has 1 aliphatic carbocycles. The first-order valence-corrected chi connectivity index (χ1v) is 14.8. The third kappa shape index (κ3) is 5.54. The number of para-hydroxylation sites is 1. The maximum Gasteiger partial charge on any atom is 0.265 e. The first-order valence-electron chi connectivity index (χ1n) is 14.4. The van der Waals surface area contributed by atoms with Gasteiger partial charge in [0.15, 0.2) is 11.9 Å². The number of benzene rings is 1. The SMILES string of the molecule is CC(C)(C)C(NC(=O)C1CCOC1)C(=O)N1C[C@H]2[C@@H]([C@H]1C(=O)N[C@H](C#N)CC1Oc3c(Cl)cccc3NC1=O)C2(C)C. The van der Waals surface area contributed by atoms with Crippen molar-refractivity contribution in [3.05, 3.63) is 23.2 Å². The minimum atomic E-state index is -1.06. The Balaban J connectivity index is 1.31. The zero-order valence-electron chi connectivity index (χ0n) is 24.5. The summed E-state index contributed by atoms with van der Waals surface area (Å²) in [6, 6.07) is 4.31. The van der Waals surface area contributed by atoms with Gasteiger partial charge in [0, 0.05) is 19.6 Å². The monoisotopic (exact) mass is 599 g/mol. The number of anilines is 1. The standard InChI is InChI=1S/C30H38ClN5O6/c1-29(2,3)24(35-25(37)15-9-10-41-14-15)28(40)36-13-17-21(30(17,4)5)22(36)27(39)33-16(12-32)11-20-26(38)34-19-8-6-7-18(31)23(19)42-20/h6-8,15-17,20-22,24H,9-11,13-14H2,1-5H3,(H,33,39)(H,34,38)(H,35,37)/t15?,16-,17-,20?,21-,22-,24?/m0/s1. The molecular weight excluding hydrogens is 562 g/mol. The van der Waals surface area contributed by atoms with Crippen LogP contribution < -0.4 is 20.7 Å². The van der Waals surface area contributed by atoms with Gasteiger partial charge < -0.3 is 30.3 Å². The van der Waals surface area contributed by atoms with E-state index in [9.17, 15) is 24.4 Å². The smallest absolute Gasteiger partial charge is 0.265 e. The molecule has 2 saturated heterocycles. The highest BCUT2D eigenvalue weighted by Gasteiger charge is 2.69. The summed E-state index contributed by atoms with van der Waals surface area (Å²) < 4.78 is 11.2. The summed E-state index contributed by atoms with van der Waals surface area (Å²) in [7, 11) is 0. The van der Waals surface area contributed by atoms with Crippen LogP contribution in [0.15, 0.2) is 18.2 Å². The molecule has 7 atom stereocenters. The molecule has 3 heterocycles. The number of rotatable bonds is 7. The molecule has 1 aromatic carbocycles. The number of hydrogen-bond acceptors (Lipinski definition) is 7. The molecule has 11 nitrogen and oxygen atoms in total. The van der Waals surface area contributed by atoms with Gasteiger partial charge in [-0.15, -0.1) is 0 Å². The van der Waals surface area contributed by atoms with E-state index in [-0.39, 0.29) is 41.4 Å². The molecule has 4 amide bonds. The normalized spacial score (nSPS) is 28.7. The van der Waals surface area contributed by atoms with Crippen molar-refractivity contribution in [3.8, 4) is 11.8 Å². The second kappa shape index (κ2) is 11.0. The lowest BCUT2D eigenvalue weighted by atomic mass is 9.84. The van der Waals surface area contributed by atoms with E-state index in [0.29, 0.717) is 42.6 Å². The van der Waals surface area contributed by atoms with Crippen LogP contribution in [-0.2, 0) is 23.9 Å². The fourth-order valence-corrected chi connectivity index (χ4v) is 6.75. The van der Waals surface area contributed by atoms with Gasteiger partial charge in [-0.05, 0) is 41.2 Å². The Kier molecular flexibility index (Phi) is 7.92. The zero-order valence-corrected chi connectivity index (χ0v) is 25.3. The summed E-state index contributed by atoms with van der Waals surface area (Å²) >= 11 is 6.23. The van der Waals surface area contributed by atoms with E-state index in [1.165, 1.54) is 0 Å². The summed E-state index contributed by atoms with van der Waals surface area (Å²) in [5, 5.41) is 18.7. The summed E-state index contributed by atoms with van der Waals surface area (Å²) in [6.07, 6.45) is -0.560. The fourth-order valence-electron chi connectivity index (χ4n) is 6.54. The fraction of sp³-hybridized carbons (Fsp3) is 0.633. The van der Waals surface area contributed by atoms with Crippen molar-refractivity contribution >= 4 is 40.9 Å². The lowest BCUT2D eigenvalue weighted by molar-refractivity contribution is -0.146. The quantitative estimate of drug-likeness (QED) is 0.436. The van der Waals surface area contributed by atoms with Crippen molar-refractivity contribution in [1.82, 2.24) is 15.5 Å². The first kappa shape index (κ1) is 30.1. The minimum Gasteiger partial charge on any atom is -0.477 e. The van der Waals surface area contributed by atoms with Gasteiger partial charge in [-0.1, -0.05) is 52.3 Å². The molecule has 3 unspecified atom stereocenters. The Bertz CT molecular complexity index is 1330. The van der Waals surface area contributed by atoms with Crippen molar-refractivity contribution in [2.45, 2.75) is 71.7 Å². The van der Waals surface area contributed by atoms with E-state index < -0.39 is 41.5 Å². The minimum absolute atomic E-state index is 0.0970. The number of carbonyl (C=O) groups is 4. The van der Waals surface area contributed by atoms with Crippen molar-refractivity contribution in [2.75, 3.05) is 25.1 Å². The number of nitrogens with one attached hydrogen (secondary N) is 3. The summed E-state index contributed by atoms with van der Waals surface area (Å²) in [5.74, 6) is -1.46. The Hall–Kier alpha value is -3.36. The first-order chi connectivity index (χ1) is 19.7. The molecule has 12 heteroatoms. The average Bonchev–Trinajstić information content (AvgIpc) is 3.37. The Morgan fingerprint density at radius 2 is 1.98 bits per heavy atom. The third-order valence-corrected chi connectivity index (χ3v) is 9.46. The van der Waals surface area contributed by atoms with E-state index in [1.54, 1.807) is 23.1 Å². The van der Waals surface area contributed by atoms with Crippen LogP contribution in [-0.4, -0.2) is 72.5 Å². The second-order valence-electron chi connectivity index (χ2n) is 13.4. The molecule has 3 fully saturated rings. The van der Waals surface area contributed by atoms with E-state index in [1.807, 2.05) is 20.8 Å². The maximum absolute atomic E-state index is 14.0. The highest BCUT2D eigenvalue weighted by Crippen LogP contribution is 2.65. The number of carbonyl (C=O) groups excluding carboxylic acids is 4. The van der Waals surface area contributed by atoms with Crippen LogP contribution in [0.2, 0.25) is 5.02 Å². The van der Waals surface area contributed by atoms with Crippen molar-refractivity contribution in [1.29, 1.82) is 5.26 Å². The highest BCUT2D eigenvalue weighted by molar-refractivity contribution is 6.32. The Morgan fingerprint density at radius 3 is 2.62 bits per heavy atom. The summed E-state index contributed by atoms with van der Waals surface area (Å²) in [4.78, 5) is 55.1. The van der Waals surface area contributed by atoms with Crippen LogP contribution >= 0.6 is 11.6 Å². The number of fused-ring (bicyclic) bond motifs is 2. The van der Waals surface area contributed by atoms with Crippen molar-refractivity contribution < 1.29 is 28.7 Å². The second-order valence-corrected chi connectivity index (χ2v) is 13.8. The van der Waals surface area contributed by atoms with Crippen LogP contribution in [0.3, 0.4) is 0 Å². The number of likely N-dealkylation sites (tertiary alicyclic amines) is 1. The molecule has 0 aromatic heterocycles. The molecule has 3 aliphatic heterocycles. The molecule has 1 saturated carbocycles. The van der Waals surface area contributed by atoms with E-state index in [0.717, 1.165) is 0 Å². The van der Waals surface area contributed by atoms with Crippen LogP contribution in [0.5, 0.6) is 5.75 Å². The van der Waals surface area contributed by atoms with E-state index in [4.69, 9.17) is 21.1 Å². The lowest BCUT2D eigenvalue weighted by Crippen LogP contribution is -2.60. The van der Waals surface area contributed by atoms with Gasteiger partial charge >= 0.3 is 0 Å². The van der Waals surface area contributed by atoms with Gasteiger partial charge in [-0.2, -0.15) is 5.26 Å². The molecule has 226 valence electrons. The third-order valence-electron chi connectivity index (χ3n) is 9.16. The van der Waals surface area contributed by atoms with Crippen LogP contribution in [0.4, 0.5) is 5.69 Å². The van der Waals surface area contributed by atoms with Gasteiger partial charge in [-0.3, -0.25) is 19.2 Å². The summed E-state index contributed by atoms with van der Waals surface area (Å²) in [6.45, 7) is 11.0. The molecule has 0 spiro atoms. The average molecular weight is 600 g/mol. The van der Waals surface area contributed by atoms with Gasteiger partial charge in [0.05, 0.1) is 29.3 Å². The largest absolute Gasteiger partial charge is 0.477 e. The zero-order chi connectivity index (χ0) is 30.6. The molecule has 5 rings (SSSR count). The topological polar surface area (TPSA) is 150 Å². The molecule has 0 bridgehead atoms. The van der Waals surface area contributed by atoms with Gasteiger partial charge in [-0.25, -0.2) is 0 Å². The van der Waals surface area contributed by atoms with Gasteiger partial charge in [0.1, 0.15) is 18.1 Å². The number of hydrogen-bond donors (Lipinski definition) is 3. The van der Waals surface area contributed by atoms with Crippen molar-refractivity contribution in [2.24, 2.45) is 28.6 Å². The lowest BCUT2D eigenvalue weighted by Gasteiger charge is -2.38. The predicted molar refractivity (Wildman–Crippen MR) is 153 cm³/mol. The number of nitrogens with zero attached hydrogens (tertiary/aromatic N) is 2. The van der Waals surface area contributed by atoms with Crippen LogP contribution in [0.25, 0.3) is 0 Å². The molecular formula is C30H38ClN5O6. The van der Waals surface area contributed by atoms with E-state index >= 15 is 0 Å². The summed E-state index contributed by atoms with van der Waals surface area (Å²) in [5.41, 5.74) is -0.340. The molecule has 42 heavy (non-hydrogen) atoms. The number of piperidine rings is 1. The van der Waals surface area contributed by atoms with Crippen LogP contribution in [0.1, 0.15) is 47.5 Å². The van der Waals surface area contributed by atoms with Crippen molar-refractivity contribution in [3.63, 3.8) is 0 Å². The van der Waals surface area contributed by atoms with Gasteiger partial charge in [0.25, 0.3) is 5.91 Å². The van der Waals surface area contributed by atoms with Crippen LogP contribution in [0, 0.1) is 39.9 Å². The molecule has 4 aliphatic rings.